The molecule has 130 valence electrons. The molecule has 0 fully saturated rings. The fourth-order valence-electron chi connectivity index (χ4n) is 2.54. The summed E-state index contributed by atoms with van der Waals surface area (Å²) in [4.78, 5) is 41.5. The van der Waals surface area contributed by atoms with Gasteiger partial charge in [0.05, 0.1) is 18.1 Å². The molecule has 0 saturated carbocycles. The topological polar surface area (TPSA) is 91.9 Å². The van der Waals surface area contributed by atoms with Crippen LogP contribution in [-0.4, -0.2) is 38.7 Å². The van der Waals surface area contributed by atoms with Gasteiger partial charge in [-0.1, -0.05) is 12.1 Å². The Kier molecular flexibility index (Phi) is 3.82. The number of nitrogens with zero attached hydrogens (tertiary/aromatic N) is 3. The molecule has 25 heavy (non-hydrogen) atoms. The fourth-order valence-corrected chi connectivity index (χ4v) is 2.54. The van der Waals surface area contributed by atoms with Crippen molar-refractivity contribution in [1.82, 2.24) is 14.0 Å². The number of rotatable bonds is 1. The van der Waals surface area contributed by atoms with E-state index in [1.165, 1.54) is 17.8 Å². The van der Waals surface area contributed by atoms with E-state index < -0.39 is 23.2 Å². The van der Waals surface area contributed by atoms with Gasteiger partial charge in [-0.3, -0.25) is 9.20 Å². The standard InChI is InChI=1S/C17H17N3O5/c1-17(2,3)25-16(23)20-11-8-6-5-7-10(11)19-9-18-12(15(22)24-4)13(19)14(20)21/h5-9H,1-4H3. The van der Waals surface area contributed by atoms with Gasteiger partial charge in [0.15, 0.2) is 5.69 Å². The highest BCUT2D eigenvalue weighted by Gasteiger charge is 2.26. The van der Waals surface area contributed by atoms with Crippen LogP contribution in [-0.2, 0) is 9.47 Å². The number of aromatic nitrogens is 3. The van der Waals surface area contributed by atoms with Crippen LogP contribution in [0, 0.1) is 0 Å². The third-order valence-corrected chi connectivity index (χ3v) is 3.51. The zero-order valence-corrected chi connectivity index (χ0v) is 14.3. The van der Waals surface area contributed by atoms with Gasteiger partial charge >= 0.3 is 12.1 Å². The van der Waals surface area contributed by atoms with Crippen LogP contribution in [0.1, 0.15) is 31.3 Å². The van der Waals surface area contributed by atoms with Gasteiger partial charge in [0.25, 0.3) is 5.56 Å². The SMILES string of the molecule is COC(=O)c1ncn2c1c(=O)n(C(=O)OC(C)(C)C)c1ccccc12. The van der Waals surface area contributed by atoms with Gasteiger partial charge in [0.1, 0.15) is 17.4 Å². The van der Waals surface area contributed by atoms with Gasteiger partial charge < -0.3 is 9.47 Å². The summed E-state index contributed by atoms with van der Waals surface area (Å²) in [6, 6.07) is 6.79. The first-order valence-electron chi connectivity index (χ1n) is 7.57. The molecular weight excluding hydrogens is 326 g/mol. The zero-order valence-electron chi connectivity index (χ0n) is 14.3. The van der Waals surface area contributed by atoms with Crippen molar-refractivity contribution in [2.45, 2.75) is 26.4 Å². The number of carbonyl (C=O) groups is 2. The number of hydrogen-bond donors (Lipinski definition) is 0. The number of imidazole rings is 1. The number of fused-ring (bicyclic) bond motifs is 3. The lowest BCUT2D eigenvalue weighted by molar-refractivity contribution is 0.0535. The Morgan fingerprint density at radius 1 is 1.12 bits per heavy atom. The molecule has 0 radical (unpaired) electrons. The Labute approximate surface area is 142 Å². The van der Waals surface area contributed by atoms with Crippen molar-refractivity contribution in [2.24, 2.45) is 0 Å². The van der Waals surface area contributed by atoms with Crippen molar-refractivity contribution >= 4 is 28.6 Å². The molecule has 3 rings (SSSR count). The van der Waals surface area contributed by atoms with E-state index in [1.807, 2.05) is 0 Å². The molecule has 8 heteroatoms. The number of benzene rings is 1. The van der Waals surface area contributed by atoms with E-state index in [0.29, 0.717) is 11.0 Å². The maximum absolute atomic E-state index is 13.0. The largest absolute Gasteiger partial charge is 0.464 e. The average Bonchev–Trinajstić information content (AvgIpc) is 2.98. The van der Waals surface area contributed by atoms with Crippen LogP contribution in [0.5, 0.6) is 0 Å². The minimum atomic E-state index is -0.826. The number of hydrogen-bond acceptors (Lipinski definition) is 6. The van der Waals surface area contributed by atoms with E-state index >= 15 is 0 Å². The second kappa shape index (κ2) is 5.73. The van der Waals surface area contributed by atoms with Gasteiger partial charge in [-0.2, -0.15) is 0 Å². The maximum Gasteiger partial charge on any atom is 0.422 e. The van der Waals surface area contributed by atoms with Gasteiger partial charge in [0, 0.05) is 0 Å². The minimum Gasteiger partial charge on any atom is -0.464 e. The smallest absolute Gasteiger partial charge is 0.422 e. The molecule has 1 aromatic carbocycles. The van der Waals surface area contributed by atoms with Crippen molar-refractivity contribution in [3.63, 3.8) is 0 Å². The van der Waals surface area contributed by atoms with Crippen LogP contribution in [0.2, 0.25) is 0 Å². The molecule has 8 nitrogen and oxygen atoms in total. The summed E-state index contributed by atoms with van der Waals surface area (Å²) >= 11 is 0. The van der Waals surface area contributed by atoms with Gasteiger partial charge in [-0.05, 0) is 32.9 Å². The Bertz CT molecular complexity index is 1060. The number of esters is 1. The van der Waals surface area contributed by atoms with Crippen LogP contribution in [0.4, 0.5) is 4.79 Å². The summed E-state index contributed by atoms with van der Waals surface area (Å²) in [7, 11) is 1.20. The number of ether oxygens (including phenoxy) is 2. The fraction of sp³-hybridized carbons (Fsp3) is 0.294. The number of para-hydroxylation sites is 2. The molecule has 0 aliphatic carbocycles. The predicted octanol–water partition coefficient (Wildman–Crippen LogP) is 2.22. The summed E-state index contributed by atoms with van der Waals surface area (Å²) < 4.78 is 12.4. The first-order chi connectivity index (χ1) is 11.7. The zero-order chi connectivity index (χ0) is 18.4. The molecule has 2 heterocycles. The highest BCUT2D eigenvalue weighted by Crippen LogP contribution is 2.18. The third kappa shape index (κ3) is 2.75. The molecule has 0 aliphatic rings. The van der Waals surface area contributed by atoms with E-state index in [-0.39, 0.29) is 11.2 Å². The lowest BCUT2D eigenvalue weighted by Gasteiger charge is -2.20. The molecule has 0 unspecified atom stereocenters. The molecule has 0 amide bonds. The van der Waals surface area contributed by atoms with Crippen molar-refractivity contribution in [1.29, 1.82) is 0 Å². The Balaban J connectivity index is 2.42. The third-order valence-electron chi connectivity index (χ3n) is 3.51. The molecule has 0 bridgehead atoms. The normalized spacial score (nSPS) is 11.7. The first kappa shape index (κ1) is 16.7. The quantitative estimate of drug-likeness (QED) is 0.629. The maximum atomic E-state index is 13.0. The van der Waals surface area contributed by atoms with Crippen molar-refractivity contribution in [2.75, 3.05) is 7.11 Å². The lowest BCUT2D eigenvalue weighted by Crippen LogP contribution is -2.35. The predicted molar refractivity (Wildman–Crippen MR) is 89.9 cm³/mol. The minimum absolute atomic E-state index is 0.0450. The summed E-state index contributed by atoms with van der Waals surface area (Å²) in [6.07, 6.45) is 0.526. The molecule has 2 aromatic heterocycles. The van der Waals surface area contributed by atoms with Crippen LogP contribution in [0.15, 0.2) is 35.4 Å². The van der Waals surface area contributed by atoms with E-state index in [4.69, 9.17) is 4.74 Å². The average molecular weight is 343 g/mol. The van der Waals surface area contributed by atoms with Crippen molar-refractivity contribution in [3.8, 4) is 0 Å². The van der Waals surface area contributed by atoms with E-state index in [2.05, 4.69) is 9.72 Å². The Morgan fingerprint density at radius 2 is 1.76 bits per heavy atom. The first-order valence-corrected chi connectivity index (χ1v) is 7.57. The molecule has 0 atom stereocenters. The molecule has 0 spiro atoms. The van der Waals surface area contributed by atoms with E-state index in [1.54, 1.807) is 45.0 Å². The Hall–Kier alpha value is -3.16. The summed E-state index contributed by atoms with van der Waals surface area (Å²) in [5.41, 5.74) is -0.804. The van der Waals surface area contributed by atoms with Crippen molar-refractivity contribution < 1.29 is 19.1 Å². The second-order valence-electron chi connectivity index (χ2n) is 6.41. The summed E-state index contributed by atoms with van der Waals surface area (Å²) in [5, 5.41) is 0. The van der Waals surface area contributed by atoms with Crippen LogP contribution in [0.25, 0.3) is 16.6 Å². The number of methoxy groups -OCH3 is 1. The molecule has 0 saturated heterocycles. The number of carbonyl (C=O) groups excluding carboxylic acids is 2. The van der Waals surface area contributed by atoms with Gasteiger partial charge in [0.2, 0.25) is 0 Å². The van der Waals surface area contributed by atoms with Crippen LogP contribution >= 0.6 is 0 Å². The highest BCUT2D eigenvalue weighted by molar-refractivity contribution is 5.97. The van der Waals surface area contributed by atoms with Gasteiger partial charge in [-0.15, -0.1) is 0 Å². The monoisotopic (exact) mass is 343 g/mol. The molecule has 0 N–H and O–H groups in total. The van der Waals surface area contributed by atoms with E-state index in [9.17, 15) is 14.4 Å². The highest BCUT2D eigenvalue weighted by atomic mass is 16.6. The van der Waals surface area contributed by atoms with Gasteiger partial charge in [-0.25, -0.2) is 19.1 Å². The Morgan fingerprint density at radius 3 is 2.36 bits per heavy atom. The lowest BCUT2D eigenvalue weighted by atomic mass is 10.2. The van der Waals surface area contributed by atoms with Crippen molar-refractivity contribution in [3.05, 3.63) is 46.6 Å². The molecular formula is C17H17N3O5. The second-order valence-corrected chi connectivity index (χ2v) is 6.41. The summed E-state index contributed by atoms with van der Waals surface area (Å²) in [6.45, 7) is 5.11. The van der Waals surface area contributed by atoms with E-state index in [0.717, 1.165) is 4.57 Å². The molecule has 3 aromatic rings. The van der Waals surface area contributed by atoms with Crippen LogP contribution < -0.4 is 5.56 Å². The summed E-state index contributed by atoms with van der Waals surface area (Å²) in [5.74, 6) is -0.759. The molecule has 0 aliphatic heterocycles. The van der Waals surface area contributed by atoms with Crippen LogP contribution in [0.3, 0.4) is 0 Å².